The fraction of sp³-hybridized carbons (Fsp3) is 0.182. The van der Waals surface area contributed by atoms with Crippen LogP contribution in [0.15, 0.2) is 55.6 Å². The molecule has 0 bridgehead atoms. The smallest absolute Gasteiger partial charge is 0.341 e. The van der Waals surface area contributed by atoms with Crippen LogP contribution in [0.2, 0.25) is 0 Å². The van der Waals surface area contributed by atoms with Gasteiger partial charge in [-0.2, -0.15) is 0 Å². The Morgan fingerprint density at radius 3 is 2.00 bits per heavy atom. The van der Waals surface area contributed by atoms with Gasteiger partial charge >= 0.3 is 11.9 Å². The van der Waals surface area contributed by atoms with Crippen LogP contribution in [-0.4, -0.2) is 47.7 Å². The Morgan fingerprint density at radius 1 is 0.941 bits per heavy atom. The standard InChI is InChI=1S/2C11H11NO5/c1-3-6-17-10-5-4-8(12(14)15)7-9(10)11(13)16-2;1-3-4-7-5-8(12(15)16)6-9(10(7)13)11(14)17-2/h3-5,7H,1,6H2,2H3;3,5-6,13H,1,4H2,2H3. The maximum absolute atomic E-state index is 11.4. The molecule has 12 nitrogen and oxygen atoms in total. The normalized spacial score (nSPS) is 9.59. The van der Waals surface area contributed by atoms with Crippen molar-refractivity contribution in [3.8, 4) is 11.5 Å². The highest BCUT2D eigenvalue weighted by Gasteiger charge is 2.21. The zero-order valence-electron chi connectivity index (χ0n) is 18.4. The van der Waals surface area contributed by atoms with E-state index in [1.807, 2.05) is 0 Å². The van der Waals surface area contributed by atoms with Crippen molar-refractivity contribution < 1.29 is 38.8 Å². The minimum absolute atomic E-state index is 0.0172. The summed E-state index contributed by atoms with van der Waals surface area (Å²) in [6, 6.07) is 5.90. The zero-order chi connectivity index (χ0) is 25.8. The van der Waals surface area contributed by atoms with Gasteiger partial charge in [-0.3, -0.25) is 20.2 Å². The Morgan fingerprint density at radius 2 is 1.50 bits per heavy atom. The average Bonchev–Trinajstić information content (AvgIpc) is 2.83. The Balaban J connectivity index is 0.000000340. The van der Waals surface area contributed by atoms with Crippen LogP contribution in [0.25, 0.3) is 0 Å². The molecular formula is C22H22N2O10. The summed E-state index contributed by atoms with van der Waals surface area (Å²) in [4.78, 5) is 42.8. The van der Waals surface area contributed by atoms with Crippen LogP contribution in [0.4, 0.5) is 11.4 Å². The van der Waals surface area contributed by atoms with E-state index in [-0.39, 0.29) is 52.6 Å². The van der Waals surface area contributed by atoms with Crippen LogP contribution >= 0.6 is 0 Å². The molecule has 0 unspecified atom stereocenters. The van der Waals surface area contributed by atoms with Crippen molar-refractivity contribution in [2.24, 2.45) is 0 Å². The summed E-state index contributed by atoms with van der Waals surface area (Å²) < 4.78 is 14.2. The Kier molecular flexibility index (Phi) is 10.4. The van der Waals surface area contributed by atoms with Crippen LogP contribution in [0, 0.1) is 20.2 Å². The lowest BCUT2D eigenvalue weighted by molar-refractivity contribution is -0.385. The molecule has 2 aromatic rings. The van der Waals surface area contributed by atoms with Gasteiger partial charge in [0.25, 0.3) is 11.4 Å². The van der Waals surface area contributed by atoms with E-state index in [0.717, 1.165) is 19.2 Å². The number of ether oxygens (including phenoxy) is 3. The van der Waals surface area contributed by atoms with E-state index < -0.39 is 21.8 Å². The second-order valence-corrected chi connectivity index (χ2v) is 6.27. The summed E-state index contributed by atoms with van der Waals surface area (Å²) in [7, 11) is 2.33. The molecule has 0 aliphatic carbocycles. The number of carbonyl (C=O) groups is 2. The maximum atomic E-state index is 11.4. The van der Waals surface area contributed by atoms with Crippen molar-refractivity contribution >= 4 is 23.3 Å². The van der Waals surface area contributed by atoms with Gasteiger partial charge in [-0.05, 0) is 12.5 Å². The molecule has 0 radical (unpaired) electrons. The molecule has 0 heterocycles. The summed E-state index contributed by atoms with van der Waals surface area (Å²) in [5.41, 5.74) is -0.423. The first-order valence-electron chi connectivity index (χ1n) is 9.41. The van der Waals surface area contributed by atoms with Gasteiger partial charge in [0.15, 0.2) is 0 Å². The molecule has 0 atom stereocenters. The Labute approximate surface area is 194 Å². The SMILES string of the molecule is C=CCOc1ccc([N+](=O)[O-])cc1C(=O)OC.C=CCc1cc([N+](=O)[O-])cc(C(=O)OC)c1O. The number of non-ortho nitro benzene ring substituents is 2. The summed E-state index contributed by atoms with van der Waals surface area (Å²) in [5.74, 6) is -1.60. The molecule has 0 saturated heterocycles. The van der Waals surface area contributed by atoms with Crippen molar-refractivity contribution in [3.05, 3.63) is 92.6 Å². The van der Waals surface area contributed by atoms with E-state index >= 15 is 0 Å². The van der Waals surface area contributed by atoms with Crippen LogP contribution < -0.4 is 4.74 Å². The number of esters is 2. The number of benzene rings is 2. The van der Waals surface area contributed by atoms with Crippen LogP contribution in [0.3, 0.4) is 0 Å². The first-order chi connectivity index (χ1) is 16.1. The molecule has 0 saturated carbocycles. The second-order valence-electron chi connectivity index (χ2n) is 6.27. The Hall–Kier alpha value is -4.74. The largest absolute Gasteiger partial charge is 0.507 e. The fourth-order valence-electron chi connectivity index (χ4n) is 2.54. The number of allylic oxidation sites excluding steroid dienone is 1. The molecule has 34 heavy (non-hydrogen) atoms. The van der Waals surface area contributed by atoms with Gasteiger partial charge in [0.1, 0.15) is 29.2 Å². The van der Waals surface area contributed by atoms with Crippen molar-refractivity contribution in [1.82, 2.24) is 0 Å². The van der Waals surface area contributed by atoms with Gasteiger partial charge in [0, 0.05) is 29.8 Å². The fourth-order valence-corrected chi connectivity index (χ4v) is 2.54. The molecule has 2 aromatic carbocycles. The quantitative estimate of drug-likeness (QED) is 0.244. The minimum Gasteiger partial charge on any atom is -0.507 e. The number of nitrogens with zero attached hydrogens (tertiary/aromatic N) is 2. The third-order valence-electron chi connectivity index (χ3n) is 4.09. The Bertz CT molecular complexity index is 1110. The molecular weight excluding hydrogens is 452 g/mol. The zero-order valence-corrected chi connectivity index (χ0v) is 18.4. The maximum Gasteiger partial charge on any atom is 0.341 e. The van der Waals surface area contributed by atoms with Crippen LogP contribution in [0.5, 0.6) is 11.5 Å². The molecule has 12 heteroatoms. The van der Waals surface area contributed by atoms with Crippen LogP contribution in [0.1, 0.15) is 26.3 Å². The van der Waals surface area contributed by atoms with Crippen molar-refractivity contribution in [2.75, 3.05) is 20.8 Å². The van der Waals surface area contributed by atoms with Gasteiger partial charge in [-0.15, -0.1) is 6.58 Å². The number of nitro groups is 2. The van der Waals surface area contributed by atoms with Gasteiger partial charge in [-0.1, -0.05) is 18.7 Å². The van der Waals surface area contributed by atoms with E-state index in [9.17, 15) is 34.9 Å². The predicted molar refractivity (Wildman–Crippen MR) is 120 cm³/mol. The summed E-state index contributed by atoms with van der Waals surface area (Å²) >= 11 is 0. The number of hydrogen-bond acceptors (Lipinski definition) is 10. The van der Waals surface area contributed by atoms with Crippen molar-refractivity contribution in [1.29, 1.82) is 0 Å². The first-order valence-corrected chi connectivity index (χ1v) is 9.41. The molecule has 0 spiro atoms. The summed E-state index contributed by atoms with van der Waals surface area (Å²) in [6.07, 6.45) is 3.19. The monoisotopic (exact) mass is 474 g/mol. The molecule has 0 aromatic heterocycles. The topological polar surface area (TPSA) is 168 Å². The number of hydrogen-bond donors (Lipinski definition) is 1. The van der Waals surface area contributed by atoms with Gasteiger partial charge in [0.05, 0.1) is 24.1 Å². The summed E-state index contributed by atoms with van der Waals surface area (Å²) in [5, 5.41) is 31.0. The number of carbonyl (C=O) groups excluding carboxylic acids is 2. The molecule has 180 valence electrons. The first kappa shape index (κ1) is 27.3. The molecule has 2 rings (SSSR count). The molecule has 0 fully saturated rings. The molecule has 0 aliphatic rings. The number of aromatic hydroxyl groups is 1. The lowest BCUT2D eigenvalue weighted by Gasteiger charge is -2.08. The highest BCUT2D eigenvalue weighted by molar-refractivity contribution is 5.94. The van der Waals surface area contributed by atoms with Gasteiger partial charge in [-0.25, -0.2) is 9.59 Å². The second kappa shape index (κ2) is 13.0. The lowest BCUT2D eigenvalue weighted by atomic mass is 10.0. The third kappa shape index (κ3) is 7.15. The van der Waals surface area contributed by atoms with Gasteiger partial charge in [0.2, 0.25) is 0 Å². The molecule has 1 N–H and O–H groups in total. The van der Waals surface area contributed by atoms with E-state index in [1.54, 1.807) is 0 Å². The van der Waals surface area contributed by atoms with E-state index in [1.165, 1.54) is 37.5 Å². The minimum atomic E-state index is -0.823. The highest BCUT2D eigenvalue weighted by Crippen LogP contribution is 2.29. The van der Waals surface area contributed by atoms with E-state index in [2.05, 4.69) is 22.6 Å². The third-order valence-corrected chi connectivity index (χ3v) is 4.09. The van der Waals surface area contributed by atoms with Crippen molar-refractivity contribution in [2.45, 2.75) is 6.42 Å². The summed E-state index contributed by atoms with van der Waals surface area (Å²) in [6.45, 7) is 7.13. The predicted octanol–water partition coefficient (Wildman–Crippen LogP) is 3.76. The number of phenolic OH excluding ortho intramolecular Hbond substituents is 1. The lowest BCUT2D eigenvalue weighted by Crippen LogP contribution is -2.06. The number of rotatable bonds is 9. The number of nitro benzene ring substituents is 2. The highest BCUT2D eigenvalue weighted by atomic mass is 16.6. The number of phenols is 1. The van der Waals surface area contributed by atoms with Gasteiger partial charge < -0.3 is 19.3 Å². The van der Waals surface area contributed by atoms with E-state index in [0.29, 0.717) is 0 Å². The molecule has 0 aliphatic heterocycles. The van der Waals surface area contributed by atoms with E-state index in [4.69, 9.17) is 4.74 Å². The van der Waals surface area contributed by atoms with Crippen molar-refractivity contribution in [3.63, 3.8) is 0 Å². The van der Waals surface area contributed by atoms with Crippen LogP contribution in [-0.2, 0) is 15.9 Å². The molecule has 0 amide bonds. The number of methoxy groups -OCH3 is 2. The average molecular weight is 474 g/mol.